The van der Waals surface area contributed by atoms with Crippen molar-refractivity contribution in [3.05, 3.63) is 106 Å². The molecule has 1 aliphatic rings. The first-order chi connectivity index (χ1) is 18.5. The Hall–Kier alpha value is -3.48. The van der Waals surface area contributed by atoms with Gasteiger partial charge in [0, 0.05) is 23.4 Å². The van der Waals surface area contributed by atoms with Crippen LogP contribution in [-0.4, -0.2) is 39.8 Å². The minimum atomic E-state index is -0.839. The second-order valence-electron chi connectivity index (χ2n) is 11.8. The van der Waals surface area contributed by atoms with Crippen LogP contribution in [-0.2, 0) is 24.1 Å². The second-order valence-corrected chi connectivity index (χ2v) is 11.8. The Kier molecular flexibility index (Phi) is 8.88. The molecular weight excluding hydrogens is 488 g/mol. The van der Waals surface area contributed by atoms with E-state index in [1.54, 1.807) is 0 Å². The molecule has 3 aromatic rings. The molecule has 4 N–H and O–H groups in total. The van der Waals surface area contributed by atoms with Crippen molar-refractivity contribution in [2.24, 2.45) is 5.92 Å². The highest BCUT2D eigenvalue weighted by atomic mass is 16.3. The molecule has 0 unspecified atom stereocenters. The van der Waals surface area contributed by atoms with E-state index in [1.807, 2.05) is 100 Å². The van der Waals surface area contributed by atoms with Crippen LogP contribution in [0.4, 0.5) is 0 Å². The monoisotopic (exact) mass is 528 g/mol. The molecule has 6 nitrogen and oxygen atoms in total. The normalized spacial score (nSPS) is 18.2. The van der Waals surface area contributed by atoms with Crippen molar-refractivity contribution in [3.63, 3.8) is 0 Å². The Morgan fingerprint density at radius 3 is 2.38 bits per heavy atom. The molecule has 0 aliphatic heterocycles. The minimum Gasteiger partial charge on any atom is -0.393 e. The molecule has 0 saturated heterocycles. The number of aliphatic hydroxyl groups excluding tert-OH is 2. The Morgan fingerprint density at radius 2 is 1.67 bits per heavy atom. The number of rotatable bonds is 9. The van der Waals surface area contributed by atoms with Gasteiger partial charge in [-0.15, -0.1) is 0 Å². The van der Waals surface area contributed by atoms with Crippen LogP contribution in [0.15, 0.2) is 72.8 Å². The quantitative estimate of drug-likeness (QED) is 0.330. The number of hydrogen-bond donors (Lipinski definition) is 4. The van der Waals surface area contributed by atoms with Gasteiger partial charge in [-0.1, -0.05) is 72.3 Å². The minimum absolute atomic E-state index is 0.180. The van der Waals surface area contributed by atoms with E-state index < -0.39 is 24.2 Å². The summed E-state index contributed by atoms with van der Waals surface area (Å²) in [5, 5.41) is 28.0. The second kappa shape index (κ2) is 12.1. The van der Waals surface area contributed by atoms with Crippen LogP contribution in [0.3, 0.4) is 0 Å². The van der Waals surface area contributed by atoms with Crippen LogP contribution in [0.2, 0.25) is 0 Å². The lowest BCUT2D eigenvalue weighted by Gasteiger charge is -2.25. The van der Waals surface area contributed by atoms with Crippen molar-refractivity contribution in [2.45, 2.75) is 77.2 Å². The van der Waals surface area contributed by atoms with Gasteiger partial charge in [0.1, 0.15) is 0 Å². The molecule has 0 fully saturated rings. The Bertz CT molecular complexity index is 1300. The van der Waals surface area contributed by atoms with E-state index in [9.17, 15) is 19.8 Å². The first-order valence-electron chi connectivity index (χ1n) is 13.7. The van der Waals surface area contributed by atoms with E-state index in [0.29, 0.717) is 18.4 Å². The van der Waals surface area contributed by atoms with Gasteiger partial charge in [0.25, 0.3) is 5.91 Å². The van der Waals surface area contributed by atoms with Gasteiger partial charge in [0.15, 0.2) is 0 Å². The number of hydrogen-bond acceptors (Lipinski definition) is 4. The highest BCUT2D eigenvalue weighted by Gasteiger charge is 2.34. The zero-order chi connectivity index (χ0) is 28.2. The maximum absolute atomic E-state index is 13.6. The third-order valence-corrected chi connectivity index (χ3v) is 7.21. The number of carbonyl (C=O) groups excluding carboxylic acids is 2. The molecule has 0 bridgehead atoms. The maximum atomic E-state index is 13.6. The molecule has 0 heterocycles. The summed E-state index contributed by atoms with van der Waals surface area (Å²) in [4.78, 5) is 26.7. The third kappa shape index (κ3) is 7.55. The van der Waals surface area contributed by atoms with Crippen LogP contribution in [0, 0.1) is 12.8 Å². The summed E-state index contributed by atoms with van der Waals surface area (Å²) in [5.41, 5.74) is 4.83. The summed E-state index contributed by atoms with van der Waals surface area (Å²) in [6.07, 6.45) is -0.0985. The standard InChI is InChI=1S/C33H40N2O4/c1-21-14-15-24(28(16-21)32(39)35-33(2,3)4)18-26(36)19-25(17-22-10-6-5-7-11-22)31(38)34-30-27-13-9-8-12-23(27)20-29(30)37/h5-16,25-26,29-30,36-37H,17-20H2,1-4H3,(H,34,38)(H,35,39)/t25-,26-,29-,30+/m1/s1. The van der Waals surface area contributed by atoms with Crippen molar-refractivity contribution in [1.82, 2.24) is 10.6 Å². The smallest absolute Gasteiger partial charge is 0.251 e. The van der Waals surface area contributed by atoms with Crippen molar-refractivity contribution in [1.29, 1.82) is 0 Å². The van der Waals surface area contributed by atoms with Gasteiger partial charge in [-0.25, -0.2) is 0 Å². The van der Waals surface area contributed by atoms with E-state index in [4.69, 9.17) is 0 Å². The fraction of sp³-hybridized carbons (Fsp3) is 0.394. The number of nitrogens with one attached hydrogen (secondary N) is 2. The van der Waals surface area contributed by atoms with Gasteiger partial charge in [-0.3, -0.25) is 9.59 Å². The summed E-state index contributed by atoms with van der Waals surface area (Å²) in [6, 6.07) is 22.7. The molecule has 0 radical (unpaired) electrons. The van der Waals surface area contributed by atoms with Gasteiger partial charge < -0.3 is 20.8 Å². The Morgan fingerprint density at radius 1 is 0.974 bits per heavy atom. The van der Waals surface area contributed by atoms with E-state index in [0.717, 1.165) is 27.8 Å². The van der Waals surface area contributed by atoms with Crippen LogP contribution in [0.25, 0.3) is 0 Å². The average molecular weight is 529 g/mol. The maximum Gasteiger partial charge on any atom is 0.251 e. The van der Waals surface area contributed by atoms with Crippen LogP contribution >= 0.6 is 0 Å². The number of aliphatic hydroxyl groups is 2. The van der Waals surface area contributed by atoms with E-state index in [1.165, 1.54) is 0 Å². The molecule has 4 rings (SSSR count). The number of benzene rings is 3. The molecule has 0 saturated carbocycles. The van der Waals surface area contributed by atoms with Crippen LogP contribution in [0.1, 0.15) is 71.4 Å². The predicted octanol–water partition coefficient (Wildman–Crippen LogP) is 4.45. The molecule has 3 aromatic carbocycles. The molecular formula is C33H40N2O4. The molecule has 1 aliphatic carbocycles. The summed E-state index contributed by atoms with van der Waals surface area (Å²) >= 11 is 0. The molecule has 4 atom stereocenters. The lowest BCUT2D eigenvalue weighted by molar-refractivity contribution is -0.127. The van der Waals surface area contributed by atoms with Crippen molar-refractivity contribution in [2.75, 3.05) is 0 Å². The molecule has 0 spiro atoms. The fourth-order valence-electron chi connectivity index (χ4n) is 5.35. The zero-order valence-electron chi connectivity index (χ0n) is 23.3. The Labute approximate surface area is 231 Å². The number of carbonyl (C=O) groups is 2. The van der Waals surface area contributed by atoms with Gasteiger partial charge in [-0.2, -0.15) is 0 Å². The third-order valence-electron chi connectivity index (χ3n) is 7.21. The summed E-state index contributed by atoms with van der Waals surface area (Å²) in [7, 11) is 0. The summed E-state index contributed by atoms with van der Waals surface area (Å²) < 4.78 is 0. The summed E-state index contributed by atoms with van der Waals surface area (Å²) in [6.45, 7) is 7.73. The lowest BCUT2D eigenvalue weighted by Crippen LogP contribution is -2.41. The fourth-order valence-corrected chi connectivity index (χ4v) is 5.35. The number of amides is 2. The topological polar surface area (TPSA) is 98.7 Å². The Balaban J connectivity index is 1.52. The van der Waals surface area contributed by atoms with Gasteiger partial charge in [0.05, 0.1) is 18.2 Å². The van der Waals surface area contributed by atoms with E-state index >= 15 is 0 Å². The van der Waals surface area contributed by atoms with E-state index in [-0.39, 0.29) is 30.2 Å². The molecule has 0 aromatic heterocycles. The average Bonchev–Trinajstić information content (AvgIpc) is 3.19. The number of aryl methyl sites for hydroxylation is 1. The SMILES string of the molecule is Cc1ccc(C[C@@H](O)C[C@@H](Cc2ccccc2)C(=O)N[C@H]2c3ccccc3C[C@H]2O)c(C(=O)NC(C)(C)C)c1. The largest absolute Gasteiger partial charge is 0.393 e. The first-order valence-corrected chi connectivity index (χ1v) is 13.7. The molecule has 39 heavy (non-hydrogen) atoms. The van der Waals surface area contributed by atoms with E-state index in [2.05, 4.69) is 10.6 Å². The van der Waals surface area contributed by atoms with Gasteiger partial charge in [0.2, 0.25) is 5.91 Å². The highest BCUT2D eigenvalue weighted by molar-refractivity contribution is 5.96. The molecule has 2 amide bonds. The highest BCUT2D eigenvalue weighted by Crippen LogP contribution is 2.32. The lowest BCUT2D eigenvalue weighted by atomic mass is 9.89. The van der Waals surface area contributed by atoms with Crippen molar-refractivity contribution < 1.29 is 19.8 Å². The van der Waals surface area contributed by atoms with Crippen LogP contribution in [0.5, 0.6) is 0 Å². The van der Waals surface area contributed by atoms with Gasteiger partial charge in [-0.05, 0) is 75.3 Å². The predicted molar refractivity (Wildman–Crippen MR) is 153 cm³/mol. The molecule has 206 valence electrons. The van der Waals surface area contributed by atoms with Crippen molar-refractivity contribution >= 4 is 11.8 Å². The van der Waals surface area contributed by atoms with Gasteiger partial charge >= 0.3 is 0 Å². The van der Waals surface area contributed by atoms with Crippen LogP contribution < -0.4 is 10.6 Å². The summed E-state index contributed by atoms with van der Waals surface area (Å²) in [5.74, 6) is -0.895. The van der Waals surface area contributed by atoms with Crippen molar-refractivity contribution in [3.8, 4) is 0 Å². The first kappa shape index (κ1) is 28.5. The molecule has 6 heteroatoms. The zero-order valence-corrected chi connectivity index (χ0v) is 23.3. The number of fused-ring (bicyclic) bond motifs is 1.